The first-order valence-electron chi connectivity index (χ1n) is 12.3. The zero-order valence-corrected chi connectivity index (χ0v) is 24.0. The fourth-order valence-electron chi connectivity index (χ4n) is 4.60. The lowest BCUT2D eigenvalue weighted by Gasteiger charge is -2.17. The molecule has 1 atom stereocenters. The predicted octanol–water partition coefficient (Wildman–Crippen LogP) is 4.88. The van der Waals surface area contributed by atoms with E-state index in [2.05, 4.69) is 5.10 Å². The van der Waals surface area contributed by atoms with Crippen molar-refractivity contribution in [3.8, 4) is 34.3 Å². The smallest absolute Gasteiger partial charge is 0.408 e. The van der Waals surface area contributed by atoms with Crippen LogP contribution in [0.1, 0.15) is 40.4 Å². The van der Waals surface area contributed by atoms with E-state index in [-0.39, 0.29) is 22.8 Å². The van der Waals surface area contributed by atoms with Crippen molar-refractivity contribution in [3.05, 3.63) is 59.4 Å². The van der Waals surface area contributed by atoms with Crippen molar-refractivity contribution in [2.24, 2.45) is 14.1 Å². The molecule has 0 spiro atoms. The number of halogens is 2. The Kier molecular flexibility index (Phi) is 7.38. The van der Waals surface area contributed by atoms with Crippen molar-refractivity contribution in [1.29, 1.82) is 0 Å². The van der Waals surface area contributed by atoms with Crippen LogP contribution in [0, 0.1) is 0 Å². The highest BCUT2D eigenvalue weighted by Crippen LogP contribution is 2.47. The Balaban J connectivity index is 1.67. The third kappa shape index (κ3) is 5.58. The second-order valence-corrected chi connectivity index (χ2v) is 11.1. The number of anilines is 1. The maximum absolute atomic E-state index is 13.9. The fourth-order valence-corrected chi connectivity index (χ4v) is 5.77. The first kappa shape index (κ1) is 27.7. The molecule has 1 aliphatic rings. The number of benzene rings is 2. The molecule has 3 N–H and O–H groups in total. The molecule has 9 nitrogen and oxygen atoms in total. The first-order valence-corrected chi connectivity index (χ1v) is 13.8. The molecule has 2 aromatic carbocycles. The minimum Gasteiger partial charge on any atom is -0.479 e. The Labute approximate surface area is 232 Å². The lowest BCUT2D eigenvalue weighted by molar-refractivity contribution is -0.0889. The van der Waals surface area contributed by atoms with E-state index in [9.17, 15) is 18.7 Å². The number of nitrogens with two attached hydrogens (primary N) is 1. The number of aromatic nitrogens is 4. The minimum absolute atomic E-state index is 0.178. The number of aryl methyl sites for hydroxylation is 1. The molecule has 5 rings (SSSR count). The van der Waals surface area contributed by atoms with Gasteiger partial charge in [0.05, 0.1) is 29.2 Å². The Hall–Kier alpha value is -3.81. The van der Waals surface area contributed by atoms with Crippen molar-refractivity contribution in [3.63, 3.8) is 0 Å². The molecule has 1 saturated carbocycles. The Morgan fingerprint density at radius 1 is 1.25 bits per heavy atom. The van der Waals surface area contributed by atoms with E-state index in [0.29, 0.717) is 23.1 Å². The number of hydrogen-bond donors (Lipinski definition) is 2. The van der Waals surface area contributed by atoms with Gasteiger partial charge in [-0.25, -0.2) is 9.78 Å². The van der Waals surface area contributed by atoms with Gasteiger partial charge in [-0.2, -0.15) is 8.78 Å². The van der Waals surface area contributed by atoms with Crippen LogP contribution in [0.4, 0.5) is 14.5 Å². The first-order chi connectivity index (χ1) is 19.0. The average Bonchev–Trinajstić information content (AvgIpc) is 3.57. The third-order valence-electron chi connectivity index (χ3n) is 6.52. The molecule has 208 valence electrons. The topological polar surface area (TPSA) is 117 Å². The SMILES string of the molecule is COc1nn(C)cc1P=Cc1c(N)cccc1-c1nc(-c2ccc(C(=O)O)cc2OC(F)(F)P)n(C)c1C1CC1. The highest BCUT2D eigenvalue weighted by atomic mass is 31.1. The van der Waals surface area contributed by atoms with E-state index in [0.717, 1.165) is 49.2 Å². The van der Waals surface area contributed by atoms with Crippen LogP contribution in [0.5, 0.6) is 11.6 Å². The van der Waals surface area contributed by atoms with Crippen molar-refractivity contribution in [2.45, 2.75) is 24.6 Å². The van der Waals surface area contributed by atoms with E-state index in [1.807, 2.05) is 48.9 Å². The van der Waals surface area contributed by atoms with Crippen molar-refractivity contribution < 1.29 is 28.2 Å². The molecule has 2 aromatic heterocycles. The molecule has 0 aliphatic heterocycles. The quantitative estimate of drug-likeness (QED) is 0.212. The summed E-state index contributed by atoms with van der Waals surface area (Å²) in [6.45, 7) is 0. The lowest BCUT2D eigenvalue weighted by Crippen LogP contribution is -2.16. The second-order valence-electron chi connectivity index (χ2n) is 9.45. The monoisotopic (exact) mass is 585 g/mol. The number of ether oxygens (including phenoxy) is 2. The highest BCUT2D eigenvalue weighted by molar-refractivity contribution is 7.48. The molecule has 0 saturated heterocycles. The van der Waals surface area contributed by atoms with Gasteiger partial charge in [0, 0.05) is 48.7 Å². The van der Waals surface area contributed by atoms with Gasteiger partial charge in [-0.3, -0.25) is 4.68 Å². The lowest BCUT2D eigenvalue weighted by atomic mass is 10.0. The average molecular weight is 585 g/mol. The molecular weight excluding hydrogens is 558 g/mol. The maximum Gasteiger partial charge on any atom is 0.408 e. The molecule has 1 fully saturated rings. The third-order valence-corrected chi connectivity index (χ3v) is 7.61. The molecule has 0 amide bonds. The van der Waals surface area contributed by atoms with Gasteiger partial charge in [-0.15, -0.1) is 5.10 Å². The maximum atomic E-state index is 13.9. The molecule has 13 heteroatoms. The fraction of sp³-hybridized carbons (Fsp3) is 0.259. The highest BCUT2D eigenvalue weighted by Gasteiger charge is 2.34. The Morgan fingerprint density at radius 2 is 2.00 bits per heavy atom. The van der Waals surface area contributed by atoms with E-state index < -0.39 is 11.8 Å². The Morgan fingerprint density at radius 3 is 2.65 bits per heavy atom. The number of nitrogen functional groups attached to an aromatic ring is 1. The number of carbonyl (C=O) groups is 1. The number of alkyl halides is 2. The summed E-state index contributed by atoms with van der Waals surface area (Å²) in [6, 6.07) is 9.45. The zero-order valence-electron chi connectivity index (χ0n) is 21.9. The van der Waals surface area contributed by atoms with Crippen LogP contribution in [0.15, 0.2) is 42.6 Å². The number of rotatable bonds is 9. The van der Waals surface area contributed by atoms with E-state index in [1.54, 1.807) is 11.8 Å². The minimum atomic E-state index is -3.61. The number of methoxy groups -OCH3 is 1. The van der Waals surface area contributed by atoms with Crippen LogP contribution in [0.2, 0.25) is 0 Å². The number of carboxylic acids is 1. The van der Waals surface area contributed by atoms with Gasteiger partial charge in [0.2, 0.25) is 5.88 Å². The van der Waals surface area contributed by atoms with Gasteiger partial charge in [0.1, 0.15) is 11.6 Å². The molecule has 1 aliphatic carbocycles. The normalized spacial score (nSPS) is 13.7. The molecule has 2 heterocycles. The van der Waals surface area contributed by atoms with Crippen molar-refractivity contribution in [2.75, 3.05) is 12.8 Å². The van der Waals surface area contributed by atoms with E-state index in [4.69, 9.17) is 20.2 Å². The standard InChI is InChI=1S/C27H27F2N5O4P2/c1-33-12-21(25(32-33)37-3)40-13-18-16(5-4-6-19(18)30)22-23(14-7-8-14)34(2)24(31-22)17-10-9-15(26(35)36)11-20(17)38-27(28,29)39/h4-6,9-14H,7-8,30,39H2,1-3H3,(H,35,36). The largest absolute Gasteiger partial charge is 0.479 e. The van der Waals surface area contributed by atoms with Crippen LogP contribution in [0.3, 0.4) is 0 Å². The summed E-state index contributed by atoms with van der Waals surface area (Å²) in [5.41, 5.74) is 10.3. The predicted molar refractivity (Wildman–Crippen MR) is 154 cm³/mol. The number of nitrogens with zero attached hydrogens (tertiary/aromatic N) is 4. The van der Waals surface area contributed by atoms with Crippen LogP contribution >= 0.6 is 17.4 Å². The molecule has 0 radical (unpaired) electrons. The van der Waals surface area contributed by atoms with Crippen LogP contribution in [-0.2, 0) is 14.1 Å². The van der Waals surface area contributed by atoms with Crippen LogP contribution in [-0.4, -0.2) is 49.2 Å². The molecule has 1 unspecified atom stereocenters. The summed E-state index contributed by atoms with van der Waals surface area (Å²) in [4.78, 5) is 16.5. The number of aromatic carboxylic acids is 1. The molecule has 0 bridgehead atoms. The summed E-state index contributed by atoms with van der Waals surface area (Å²) in [5.74, 6) is -2.06. The summed E-state index contributed by atoms with van der Waals surface area (Å²) < 4.78 is 41.7. The number of hydrogen-bond acceptors (Lipinski definition) is 6. The van der Waals surface area contributed by atoms with Gasteiger partial charge in [0.25, 0.3) is 0 Å². The van der Waals surface area contributed by atoms with Crippen LogP contribution < -0.4 is 20.5 Å². The van der Waals surface area contributed by atoms with Crippen molar-refractivity contribution >= 4 is 40.2 Å². The van der Waals surface area contributed by atoms with Crippen LogP contribution in [0.25, 0.3) is 22.6 Å². The van der Waals surface area contributed by atoms with Gasteiger partial charge < -0.3 is 24.9 Å². The number of carboxylic acid groups (broad SMARTS) is 1. The molecule has 4 aromatic rings. The summed E-state index contributed by atoms with van der Waals surface area (Å²) in [5, 5.41) is 14.6. The van der Waals surface area contributed by atoms with E-state index >= 15 is 0 Å². The summed E-state index contributed by atoms with van der Waals surface area (Å²) >= 11 is 0. The molecule has 40 heavy (non-hydrogen) atoms. The number of imidazole rings is 1. The zero-order chi connectivity index (χ0) is 28.8. The van der Waals surface area contributed by atoms with Crippen molar-refractivity contribution in [1.82, 2.24) is 19.3 Å². The molecular formula is C27H27F2N5O4P2. The van der Waals surface area contributed by atoms with Gasteiger partial charge in [0.15, 0.2) is 0 Å². The van der Waals surface area contributed by atoms with Gasteiger partial charge >= 0.3 is 11.8 Å². The van der Waals surface area contributed by atoms with E-state index in [1.165, 1.54) is 21.4 Å². The second kappa shape index (κ2) is 10.6. The summed E-state index contributed by atoms with van der Waals surface area (Å²) in [7, 11) is 7.32. The summed E-state index contributed by atoms with van der Waals surface area (Å²) in [6.07, 6.45) is 3.79. The van der Waals surface area contributed by atoms with Gasteiger partial charge in [-0.05, 0) is 52.1 Å². The Bertz CT molecular complexity index is 1640. The van der Waals surface area contributed by atoms with Gasteiger partial charge in [-0.1, -0.05) is 20.3 Å².